The van der Waals surface area contributed by atoms with Crippen molar-refractivity contribution < 1.29 is 28.7 Å². The van der Waals surface area contributed by atoms with Crippen molar-refractivity contribution in [2.75, 3.05) is 55.6 Å². The van der Waals surface area contributed by atoms with Crippen LogP contribution in [0.2, 0.25) is 5.02 Å². The van der Waals surface area contributed by atoms with E-state index in [9.17, 15) is 24.0 Å². The number of piperidine rings is 2. The summed E-state index contributed by atoms with van der Waals surface area (Å²) in [6.07, 6.45) is 5.14. The number of amides is 5. The van der Waals surface area contributed by atoms with E-state index in [-0.39, 0.29) is 41.4 Å². The minimum Gasteiger partial charge on any atom is -0.490 e. The first kappa shape index (κ1) is 38.1. The fourth-order valence-electron chi connectivity index (χ4n) is 9.97. The van der Waals surface area contributed by atoms with Gasteiger partial charge in [0.15, 0.2) is 0 Å². The predicted octanol–water partition coefficient (Wildman–Crippen LogP) is 5.55. The summed E-state index contributed by atoms with van der Waals surface area (Å²) in [7, 11) is 0. The predicted molar refractivity (Wildman–Crippen MR) is 217 cm³/mol. The minimum absolute atomic E-state index is 0.0316. The summed E-state index contributed by atoms with van der Waals surface area (Å²) in [4.78, 5) is 77.5. The number of fused-ring (bicyclic) bond motifs is 1. The first-order valence-corrected chi connectivity index (χ1v) is 20.7. The summed E-state index contributed by atoms with van der Waals surface area (Å²) in [5, 5.41) is 2.73. The third kappa shape index (κ3) is 6.96. The molecule has 9 rings (SSSR count). The molecule has 0 radical (unpaired) electrons. The Labute approximate surface area is 342 Å². The molecule has 5 fully saturated rings. The van der Waals surface area contributed by atoms with Gasteiger partial charge in [0.25, 0.3) is 17.7 Å². The molecule has 3 aromatic carbocycles. The van der Waals surface area contributed by atoms with Crippen molar-refractivity contribution in [2.45, 2.75) is 76.1 Å². The summed E-state index contributed by atoms with van der Waals surface area (Å²) < 4.78 is 6.21. The molecule has 5 aliphatic heterocycles. The molecule has 4 saturated heterocycles. The number of nitrogens with one attached hydrogen (secondary N) is 1. The number of anilines is 2. The highest BCUT2D eigenvalue weighted by Crippen LogP contribution is 2.46. The first-order valence-electron chi connectivity index (χ1n) is 20.3. The fourth-order valence-corrected chi connectivity index (χ4v) is 10.2. The highest BCUT2D eigenvalue weighted by molar-refractivity contribution is 6.33. The molecule has 5 amide bonds. The zero-order valence-electron chi connectivity index (χ0n) is 32.5. The van der Waals surface area contributed by atoms with Crippen molar-refractivity contribution in [1.29, 1.82) is 0 Å². The third-order valence-electron chi connectivity index (χ3n) is 13.4. The van der Waals surface area contributed by atoms with Crippen LogP contribution in [0.15, 0.2) is 60.7 Å². The van der Waals surface area contributed by atoms with E-state index in [1.54, 1.807) is 18.2 Å². The van der Waals surface area contributed by atoms with Gasteiger partial charge in [-0.15, -0.1) is 0 Å². The van der Waals surface area contributed by atoms with Crippen LogP contribution >= 0.6 is 11.6 Å². The number of nitrogens with zero attached hydrogens (tertiary/aromatic N) is 6. The Hall–Kier alpha value is -5.45. The molecular formula is C44H46ClN7O6. The van der Waals surface area contributed by atoms with Crippen molar-refractivity contribution in [3.05, 3.63) is 93.8 Å². The lowest BCUT2D eigenvalue weighted by Gasteiger charge is -2.46. The molecule has 2 atom stereocenters. The van der Waals surface area contributed by atoms with Crippen LogP contribution in [0.1, 0.15) is 82.9 Å². The van der Waals surface area contributed by atoms with Gasteiger partial charge in [-0.05, 0) is 92.6 Å². The summed E-state index contributed by atoms with van der Waals surface area (Å²) >= 11 is 6.38. The minimum atomic E-state index is -1.00. The van der Waals surface area contributed by atoms with Crippen LogP contribution in [0, 0.1) is 12.0 Å². The monoisotopic (exact) mass is 803 g/mol. The Bertz CT molecular complexity index is 2220. The lowest BCUT2D eigenvalue weighted by Crippen LogP contribution is -2.57. The fraction of sp³-hybridized carbons (Fsp3) is 0.455. The molecule has 1 N–H and O–H groups in total. The molecule has 2 unspecified atom stereocenters. The Balaban J connectivity index is 0.722. The maximum atomic E-state index is 13.5. The number of carbonyl (C=O) groups excluding carboxylic acids is 5. The van der Waals surface area contributed by atoms with Gasteiger partial charge in [-0.2, -0.15) is 0 Å². The Morgan fingerprint density at radius 3 is 2.28 bits per heavy atom. The van der Waals surface area contributed by atoms with E-state index in [4.69, 9.17) is 22.9 Å². The van der Waals surface area contributed by atoms with Crippen molar-refractivity contribution in [3.63, 3.8) is 0 Å². The molecule has 5 heterocycles. The molecule has 300 valence electrons. The van der Waals surface area contributed by atoms with Crippen molar-refractivity contribution in [2.24, 2.45) is 5.41 Å². The molecular weight excluding hydrogens is 758 g/mol. The Kier molecular flexibility index (Phi) is 9.88. The lowest BCUT2D eigenvalue weighted by atomic mass is 9.76. The van der Waals surface area contributed by atoms with Crippen molar-refractivity contribution in [1.82, 2.24) is 20.0 Å². The normalized spacial score (nSPS) is 25.7. The van der Waals surface area contributed by atoms with Gasteiger partial charge in [0.05, 0.1) is 17.7 Å². The summed E-state index contributed by atoms with van der Waals surface area (Å²) in [5.41, 5.74) is 4.13. The number of ether oxygens (including phenoxy) is 1. The first-order chi connectivity index (χ1) is 28.0. The summed E-state index contributed by atoms with van der Waals surface area (Å²) in [5.74, 6) is -1.57. The second kappa shape index (κ2) is 15.1. The maximum Gasteiger partial charge on any atom is 0.262 e. The van der Waals surface area contributed by atoms with Gasteiger partial charge in [-0.3, -0.25) is 39.1 Å². The van der Waals surface area contributed by atoms with E-state index in [1.807, 2.05) is 35.2 Å². The number of benzene rings is 3. The summed E-state index contributed by atoms with van der Waals surface area (Å²) in [6, 6.07) is 18.5. The lowest BCUT2D eigenvalue weighted by molar-refractivity contribution is -0.136. The van der Waals surface area contributed by atoms with Gasteiger partial charge in [-0.1, -0.05) is 17.7 Å². The van der Waals surface area contributed by atoms with Gasteiger partial charge in [0.1, 0.15) is 17.9 Å². The van der Waals surface area contributed by atoms with Crippen molar-refractivity contribution >= 4 is 58.2 Å². The molecule has 13 nitrogen and oxygen atoms in total. The van der Waals surface area contributed by atoms with Gasteiger partial charge >= 0.3 is 0 Å². The number of halogens is 1. The average molecular weight is 804 g/mol. The molecule has 0 aromatic heterocycles. The van der Waals surface area contributed by atoms with E-state index in [1.165, 1.54) is 0 Å². The third-order valence-corrected chi connectivity index (χ3v) is 13.7. The smallest absolute Gasteiger partial charge is 0.262 e. The zero-order valence-corrected chi connectivity index (χ0v) is 33.2. The average Bonchev–Trinajstić information content (AvgIpc) is 3.66. The number of imide groups is 2. The van der Waals surface area contributed by atoms with Crippen LogP contribution in [0.25, 0.3) is 4.85 Å². The SMILES string of the molecule is [C-]#[N+]c1ccc(N2CC3(CCN(c4ccc(C(=O)N5CCN(C6CC(Oc7ccc8c(c7)C(=O)N(C7CCC(=O)NC7=O)C8=O)C6)CC5)cc4)CC3)CC2C)cc1Cl. The van der Waals surface area contributed by atoms with Crippen LogP contribution in [0.3, 0.4) is 0 Å². The van der Waals surface area contributed by atoms with Crippen LogP contribution in [0.4, 0.5) is 17.1 Å². The van der Waals surface area contributed by atoms with Gasteiger partial charge in [-0.25, -0.2) is 4.85 Å². The second-order valence-electron chi connectivity index (χ2n) is 16.8. The topological polar surface area (TPSA) is 127 Å². The standard InChI is InChI=1S/C44H46ClN7O6/c1-27-25-44(26-51(27)30-7-10-37(46-2)36(45)23-30)13-15-48(16-14-44)29-5-3-28(4-6-29)41(55)50-19-17-49(18-20-50)31-21-33(22-31)58-32-8-9-34-35(24-32)43(57)52(42(34)56)38-11-12-39(53)47-40(38)54/h3-10,23-24,27,31,33,38H,11-22,25-26H2,1H3,(H,47,53,54). The van der Waals surface area contributed by atoms with Gasteiger partial charge in [0, 0.05) is 99.1 Å². The number of hydrogen-bond donors (Lipinski definition) is 1. The Morgan fingerprint density at radius 2 is 1.59 bits per heavy atom. The van der Waals surface area contributed by atoms with Crippen LogP contribution in [-0.4, -0.2) is 114 Å². The molecule has 0 bridgehead atoms. The molecule has 58 heavy (non-hydrogen) atoms. The number of carbonyl (C=O) groups is 5. The van der Waals surface area contributed by atoms with E-state index in [0.29, 0.717) is 47.2 Å². The van der Waals surface area contributed by atoms with Crippen molar-refractivity contribution in [3.8, 4) is 5.75 Å². The zero-order chi connectivity index (χ0) is 40.3. The molecule has 3 aromatic rings. The molecule has 6 aliphatic rings. The molecule has 1 saturated carbocycles. The number of piperazine rings is 1. The highest BCUT2D eigenvalue weighted by atomic mass is 35.5. The molecule has 14 heteroatoms. The van der Waals surface area contributed by atoms with Crippen LogP contribution in [-0.2, 0) is 9.59 Å². The van der Waals surface area contributed by atoms with E-state index in [2.05, 4.69) is 43.9 Å². The van der Waals surface area contributed by atoms with E-state index < -0.39 is 29.7 Å². The highest BCUT2D eigenvalue weighted by Gasteiger charge is 2.46. The van der Waals surface area contributed by atoms with Gasteiger partial charge < -0.3 is 19.4 Å². The van der Waals surface area contributed by atoms with Crippen LogP contribution in [0.5, 0.6) is 5.75 Å². The largest absolute Gasteiger partial charge is 0.490 e. The second-order valence-corrected chi connectivity index (χ2v) is 17.2. The van der Waals surface area contributed by atoms with E-state index in [0.717, 1.165) is 81.1 Å². The number of rotatable bonds is 7. The van der Waals surface area contributed by atoms with Gasteiger partial charge in [0.2, 0.25) is 17.5 Å². The van der Waals surface area contributed by atoms with Crippen LogP contribution < -0.4 is 19.9 Å². The molecule has 1 spiro atoms. The van der Waals surface area contributed by atoms with E-state index >= 15 is 0 Å². The quantitative estimate of drug-likeness (QED) is 0.242. The molecule has 1 aliphatic carbocycles. The Morgan fingerprint density at radius 1 is 0.879 bits per heavy atom. The number of hydrogen-bond acceptors (Lipinski definition) is 9. The summed E-state index contributed by atoms with van der Waals surface area (Å²) in [6.45, 7) is 15.4. The maximum absolute atomic E-state index is 13.5.